The van der Waals surface area contributed by atoms with Gasteiger partial charge in [0.15, 0.2) is 0 Å². The van der Waals surface area contributed by atoms with Gasteiger partial charge >= 0.3 is 0 Å². The van der Waals surface area contributed by atoms with Crippen molar-refractivity contribution in [1.29, 1.82) is 0 Å². The van der Waals surface area contributed by atoms with Crippen LogP contribution in [0.5, 0.6) is 11.5 Å². The predicted octanol–water partition coefficient (Wildman–Crippen LogP) is 3.57. The highest BCUT2D eigenvalue weighted by Gasteiger charge is 2.06. The number of rotatable bonds is 10. The van der Waals surface area contributed by atoms with E-state index in [9.17, 15) is 0 Å². The van der Waals surface area contributed by atoms with Gasteiger partial charge in [0, 0.05) is 12.1 Å². The number of methoxy groups -OCH3 is 1. The maximum absolute atomic E-state index is 5.89. The highest BCUT2D eigenvalue weighted by Crippen LogP contribution is 2.24. The molecule has 0 spiro atoms. The van der Waals surface area contributed by atoms with Crippen LogP contribution in [0.3, 0.4) is 0 Å². The lowest BCUT2D eigenvalue weighted by Crippen LogP contribution is -2.19. The summed E-state index contributed by atoms with van der Waals surface area (Å²) in [6, 6.07) is 6.01. The summed E-state index contributed by atoms with van der Waals surface area (Å²) in [6.07, 6.45) is 3.20. The topological polar surface area (TPSA) is 30.5 Å². The Hall–Kier alpha value is -0.870. The maximum Gasteiger partial charge on any atom is 0.124 e. The molecule has 114 valence electrons. The monoisotopic (exact) mass is 297 g/mol. The fraction of sp³-hybridized carbons (Fsp3) is 0.625. The fourth-order valence-electron chi connectivity index (χ4n) is 1.84. The van der Waals surface area contributed by atoms with Gasteiger partial charge in [-0.05, 0) is 49.1 Å². The Bertz CT molecular complexity index is 383. The van der Waals surface area contributed by atoms with E-state index in [-0.39, 0.29) is 0 Å². The minimum absolute atomic E-state index is 0.645. The number of hydrogen-bond acceptors (Lipinski definition) is 4. The summed E-state index contributed by atoms with van der Waals surface area (Å²) in [5, 5.41) is 3.45. The van der Waals surface area contributed by atoms with Crippen molar-refractivity contribution >= 4 is 11.8 Å². The first-order chi connectivity index (χ1) is 9.67. The highest BCUT2D eigenvalue weighted by molar-refractivity contribution is 7.98. The first kappa shape index (κ1) is 17.2. The Kier molecular flexibility index (Phi) is 8.54. The second-order valence-corrected chi connectivity index (χ2v) is 6.18. The number of ether oxygens (including phenoxy) is 2. The first-order valence-corrected chi connectivity index (χ1v) is 8.56. The molecule has 0 aromatic heterocycles. The van der Waals surface area contributed by atoms with E-state index in [0.29, 0.717) is 5.92 Å². The average molecular weight is 297 g/mol. The lowest BCUT2D eigenvalue weighted by Gasteiger charge is -2.14. The minimum Gasteiger partial charge on any atom is -0.497 e. The third-order valence-electron chi connectivity index (χ3n) is 2.89. The van der Waals surface area contributed by atoms with Crippen molar-refractivity contribution in [1.82, 2.24) is 5.32 Å². The van der Waals surface area contributed by atoms with Crippen LogP contribution in [0, 0.1) is 5.92 Å². The summed E-state index contributed by atoms with van der Waals surface area (Å²) in [5.41, 5.74) is 1.16. The molecule has 0 saturated heterocycles. The molecule has 0 bridgehead atoms. The fourth-order valence-corrected chi connectivity index (χ4v) is 2.25. The second kappa shape index (κ2) is 9.94. The van der Waals surface area contributed by atoms with Gasteiger partial charge in [-0.15, -0.1) is 0 Å². The third-order valence-corrected chi connectivity index (χ3v) is 3.58. The number of benzene rings is 1. The van der Waals surface area contributed by atoms with Crippen LogP contribution in [0.1, 0.15) is 25.8 Å². The van der Waals surface area contributed by atoms with Crippen LogP contribution < -0.4 is 14.8 Å². The molecule has 20 heavy (non-hydrogen) atoms. The van der Waals surface area contributed by atoms with Crippen molar-refractivity contribution < 1.29 is 9.47 Å². The lowest BCUT2D eigenvalue weighted by atomic mass is 10.1. The van der Waals surface area contributed by atoms with Gasteiger partial charge in [0.2, 0.25) is 0 Å². The molecular weight excluding hydrogens is 270 g/mol. The van der Waals surface area contributed by atoms with E-state index in [1.54, 1.807) is 7.11 Å². The zero-order chi connectivity index (χ0) is 14.8. The van der Waals surface area contributed by atoms with E-state index in [4.69, 9.17) is 9.47 Å². The summed E-state index contributed by atoms with van der Waals surface area (Å²) in [6.45, 7) is 7.00. The van der Waals surface area contributed by atoms with Crippen LogP contribution in [0.25, 0.3) is 0 Å². The van der Waals surface area contributed by atoms with Crippen molar-refractivity contribution in [2.75, 3.05) is 32.3 Å². The Balaban J connectivity index is 2.60. The van der Waals surface area contributed by atoms with E-state index >= 15 is 0 Å². The Morgan fingerprint density at radius 2 is 2.10 bits per heavy atom. The van der Waals surface area contributed by atoms with E-state index < -0.39 is 0 Å². The number of hydrogen-bond donors (Lipinski definition) is 1. The Morgan fingerprint density at radius 1 is 1.30 bits per heavy atom. The molecule has 1 N–H and O–H groups in total. The van der Waals surface area contributed by atoms with Gasteiger partial charge < -0.3 is 14.8 Å². The van der Waals surface area contributed by atoms with Gasteiger partial charge in [0.25, 0.3) is 0 Å². The van der Waals surface area contributed by atoms with E-state index in [1.165, 1.54) is 0 Å². The quantitative estimate of drug-likeness (QED) is 0.669. The van der Waals surface area contributed by atoms with Crippen molar-refractivity contribution in [3.63, 3.8) is 0 Å². The SMILES string of the molecule is COc1ccc(OCCCSC)c(CNCC(C)C)c1. The molecule has 1 rings (SSSR count). The zero-order valence-electron chi connectivity index (χ0n) is 13.1. The molecule has 0 unspecified atom stereocenters. The zero-order valence-corrected chi connectivity index (χ0v) is 13.9. The lowest BCUT2D eigenvalue weighted by molar-refractivity contribution is 0.313. The number of nitrogens with one attached hydrogen (secondary N) is 1. The van der Waals surface area contributed by atoms with E-state index in [0.717, 1.165) is 48.9 Å². The van der Waals surface area contributed by atoms with Gasteiger partial charge in [0.05, 0.1) is 13.7 Å². The summed E-state index contributed by atoms with van der Waals surface area (Å²) >= 11 is 1.85. The normalized spacial score (nSPS) is 10.8. The predicted molar refractivity (Wildman–Crippen MR) is 88.0 cm³/mol. The molecular formula is C16H27NO2S. The van der Waals surface area contributed by atoms with Crippen LogP contribution >= 0.6 is 11.8 Å². The van der Waals surface area contributed by atoms with Crippen molar-refractivity contribution in [2.45, 2.75) is 26.8 Å². The van der Waals surface area contributed by atoms with Crippen molar-refractivity contribution in [3.8, 4) is 11.5 Å². The van der Waals surface area contributed by atoms with Gasteiger partial charge in [-0.2, -0.15) is 11.8 Å². The van der Waals surface area contributed by atoms with Crippen LogP contribution in [-0.4, -0.2) is 32.3 Å². The van der Waals surface area contributed by atoms with Crippen LogP contribution in [0.2, 0.25) is 0 Å². The summed E-state index contributed by atoms with van der Waals surface area (Å²) in [7, 11) is 1.69. The molecule has 0 amide bonds. The standard InChI is InChI=1S/C16H27NO2S/c1-13(2)11-17-12-14-10-15(18-3)6-7-16(14)19-8-5-9-20-4/h6-7,10,13,17H,5,8-9,11-12H2,1-4H3. The van der Waals surface area contributed by atoms with E-state index in [1.807, 2.05) is 23.9 Å². The second-order valence-electron chi connectivity index (χ2n) is 5.19. The Labute approximate surface area is 127 Å². The molecule has 0 heterocycles. The molecule has 0 aliphatic heterocycles. The highest BCUT2D eigenvalue weighted by atomic mass is 32.2. The van der Waals surface area contributed by atoms with Gasteiger partial charge in [0.1, 0.15) is 11.5 Å². The first-order valence-electron chi connectivity index (χ1n) is 7.16. The average Bonchev–Trinajstić information content (AvgIpc) is 2.44. The molecule has 4 heteroatoms. The van der Waals surface area contributed by atoms with Gasteiger partial charge in [-0.25, -0.2) is 0 Å². The molecule has 0 radical (unpaired) electrons. The number of thioether (sulfide) groups is 1. The molecule has 0 fully saturated rings. The molecule has 3 nitrogen and oxygen atoms in total. The van der Waals surface area contributed by atoms with Crippen molar-refractivity contribution in [3.05, 3.63) is 23.8 Å². The summed E-state index contributed by atoms with van der Waals surface area (Å²) < 4.78 is 11.2. The van der Waals surface area contributed by atoms with Gasteiger partial charge in [-0.3, -0.25) is 0 Å². The largest absolute Gasteiger partial charge is 0.497 e. The summed E-state index contributed by atoms with van der Waals surface area (Å²) in [5.74, 6) is 3.62. The Morgan fingerprint density at radius 3 is 2.75 bits per heavy atom. The molecule has 1 aromatic rings. The maximum atomic E-state index is 5.89. The van der Waals surface area contributed by atoms with Crippen LogP contribution in [0.4, 0.5) is 0 Å². The molecule has 0 aliphatic rings. The smallest absolute Gasteiger partial charge is 0.124 e. The summed E-state index contributed by atoms with van der Waals surface area (Å²) in [4.78, 5) is 0. The van der Waals surface area contributed by atoms with Gasteiger partial charge in [-0.1, -0.05) is 13.8 Å². The molecule has 0 atom stereocenters. The molecule has 1 aromatic carbocycles. The van der Waals surface area contributed by atoms with Crippen LogP contribution in [-0.2, 0) is 6.54 Å². The van der Waals surface area contributed by atoms with Crippen molar-refractivity contribution in [2.24, 2.45) is 5.92 Å². The molecule has 0 aliphatic carbocycles. The molecule has 0 saturated carbocycles. The minimum atomic E-state index is 0.645. The third kappa shape index (κ3) is 6.53. The van der Waals surface area contributed by atoms with Crippen LogP contribution in [0.15, 0.2) is 18.2 Å². The van der Waals surface area contributed by atoms with E-state index in [2.05, 4.69) is 31.5 Å².